The number of aromatic amines is 1. The van der Waals surface area contributed by atoms with Gasteiger partial charge in [-0.15, -0.1) is 0 Å². The molecule has 130 valence electrons. The molecular weight excluding hydrogens is 311 g/mol. The Morgan fingerprint density at radius 1 is 0.960 bits per heavy atom. The van der Waals surface area contributed by atoms with Crippen molar-refractivity contribution in [2.75, 3.05) is 19.6 Å². The maximum atomic E-state index is 14.4. The molecular formula is C22H25FN2. The highest BCUT2D eigenvalue weighted by Crippen LogP contribution is 2.27. The van der Waals surface area contributed by atoms with Gasteiger partial charge in [-0.2, -0.15) is 0 Å². The Bertz CT molecular complexity index is 846. The average Bonchev–Trinajstić information content (AvgIpc) is 3.31. The van der Waals surface area contributed by atoms with E-state index in [0.717, 1.165) is 22.9 Å². The molecule has 0 aliphatic carbocycles. The molecule has 0 spiro atoms. The number of nitrogens with one attached hydrogen (secondary N) is 1. The quantitative estimate of drug-likeness (QED) is 0.598. The van der Waals surface area contributed by atoms with Crippen molar-refractivity contribution in [3.63, 3.8) is 0 Å². The van der Waals surface area contributed by atoms with E-state index in [1.165, 1.54) is 50.9 Å². The number of fused-ring (bicyclic) bond motifs is 1. The average molecular weight is 336 g/mol. The van der Waals surface area contributed by atoms with Gasteiger partial charge in [-0.25, -0.2) is 4.39 Å². The Kier molecular flexibility index (Phi) is 4.84. The van der Waals surface area contributed by atoms with Crippen LogP contribution in [0.2, 0.25) is 0 Å². The third kappa shape index (κ3) is 3.77. The standard InChI is InChI=1S/C22H25FN2/c23-21-8-6-17(5-1-2-12-25-13-3-4-14-25)15-20(21)18-7-9-22-19(16-18)10-11-24-22/h6-11,15-16,24H,1-5,12-14H2. The van der Waals surface area contributed by atoms with Crippen LogP contribution < -0.4 is 0 Å². The fourth-order valence-electron chi connectivity index (χ4n) is 3.84. The monoisotopic (exact) mass is 336 g/mol. The van der Waals surface area contributed by atoms with Gasteiger partial charge in [0.15, 0.2) is 0 Å². The van der Waals surface area contributed by atoms with E-state index in [1.807, 2.05) is 36.5 Å². The van der Waals surface area contributed by atoms with Crippen LogP contribution in [0.3, 0.4) is 0 Å². The van der Waals surface area contributed by atoms with E-state index < -0.39 is 0 Å². The van der Waals surface area contributed by atoms with Crippen molar-refractivity contribution >= 4 is 10.9 Å². The molecule has 1 aliphatic heterocycles. The number of H-pyrrole nitrogens is 1. The number of aryl methyl sites for hydroxylation is 1. The largest absolute Gasteiger partial charge is 0.361 e. The molecule has 1 aromatic heterocycles. The van der Waals surface area contributed by atoms with Crippen LogP contribution in [0.4, 0.5) is 4.39 Å². The van der Waals surface area contributed by atoms with Gasteiger partial charge >= 0.3 is 0 Å². The summed E-state index contributed by atoms with van der Waals surface area (Å²) < 4.78 is 14.4. The zero-order valence-corrected chi connectivity index (χ0v) is 14.6. The Morgan fingerprint density at radius 2 is 1.84 bits per heavy atom. The van der Waals surface area contributed by atoms with Crippen LogP contribution in [0, 0.1) is 5.82 Å². The molecule has 0 saturated carbocycles. The molecule has 4 rings (SSSR count). The molecule has 2 nitrogen and oxygen atoms in total. The molecule has 2 aromatic carbocycles. The fourth-order valence-corrected chi connectivity index (χ4v) is 3.84. The first-order chi connectivity index (χ1) is 12.3. The number of aromatic nitrogens is 1. The molecule has 0 atom stereocenters. The summed E-state index contributed by atoms with van der Waals surface area (Å²) in [5, 5.41) is 1.12. The Hall–Kier alpha value is -2.13. The molecule has 1 aliphatic rings. The van der Waals surface area contributed by atoms with Gasteiger partial charge in [0.05, 0.1) is 0 Å². The number of unbranched alkanes of at least 4 members (excludes halogenated alkanes) is 1. The lowest BCUT2D eigenvalue weighted by molar-refractivity contribution is 0.330. The van der Waals surface area contributed by atoms with E-state index in [9.17, 15) is 4.39 Å². The second kappa shape index (κ2) is 7.40. The van der Waals surface area contributed by atoms with E-state index in [1.54, 1.807) is 6.07 Å². The number of hydrogen-bond donors (Lipinski definition) is 1. The van der Waals surface area contributed by atoms with Crippen LogP contribution >= 0.6 is 0 Å². The molecule has 0 amide bonds. The minimum Gasteiger partial charge on any atom is -0.361 e. The second-order valence-electron chi connectivity index (χ2n) is 7.10. The molecule has 1 N–H and O–H groups in total. The lowest BCUT2D eigenvalue weighted by Crippen LogP contribution is -2.20. The molecule has 25 heavy (non-hydrogen) atoms. The van der Waals surface area contributed by atoms with E-state index in [-0.39, 0.29) is 5.82 Å². The lowest BCUT2D eigenvalue weighted by atomic mass is 9.99. The van der Waals surface area contributed by atoms with Crippen molar-refractivity contribution in [3.05, 3.63) is 60.0 Å². The van der Waals surface area contributed by atoms with Crippen LogP contribution in [0.1, 0.15) is 31.2 Å². The predicted octanol–water partition coefficient (Wildman–Crippen LogP) is 5.39. The Balaban J connectivity index is 1.44. The maximum absolute atomic E-state index is 14.4. The highest BCUT2D eigenvalue weighted by molar-refractivity contribution is 5.85. The summed E-state index contributed by atoms with van der Waals surface area (Å²) in [6, 6.07) is 13.7. The van der Waals surface area contributed by atoms with Crippen LogP contribution in [0.25, 0.3) is 22.0 Å². The van der Waals surface area contributed by atoms with Crippen molar-refractivity contribution in [1.29, 1.82) is 0 Å². The summed E-state index contributed by atoms with van der Waals surface area (Å²) in [7, 11) is 0. The minimum atomic E-state index is -0.143. The number of likely N-dealkylation sites (tertiary alicyclic amines) is 1. The molecule has 2 heterocycles. The van der Waals surface area contributed by atoms with Crippen LogP contribution in [-0.2, 0) is 6.42 Å². The summed E-state index contributed by atoms with van der Waals surface area (Å²) in [6.07, 6.45) is 8.04. The van der Waals surface area contributed by atoms with Gasteiger partial charge in [-0.05, 0) is 98.6 Å². The topological polar surface area (TPSA) is 19.0 Å². The normalized spacial score (nSPS) is 15.2. The molecule has 1 saturated heterocycles. The summed E-state index contributed by atoms with van der Waals surface area (Å²) in [5.74, 6) is -0.143. The van der Waals surface area contributed by atoms with E-state index in [0.29, 0.717) is 5.56 Å². The van der Waals surface area contributed by atoms with Gasteiger partial charge in [-0.3, -0.25) is 0 Å². The molecule has 3 aromatic rings. The van der Waals surface area contributed by atoms with Gasteiger partial charge in [-0.1, -0.05) is 12.1 Å². The number of hydrogen-bond acceptors (Lipinski definition) is 1. The predicted molar refractivity (Wildman–Crippen MR) is 102 cm³/mol. The third-order valence-corrected chi connectivity index (χ3v) is 5.28. The van der Waals surface area contributed by atoms with Crippen molar-refractivity contribution in [2.24, 2.45) is 0 Å². The molecule has 0 bridgehead atoms. The van der Waals surface area contributed by atoms with E-state index in [4.69, 9.17) is 0 Å². The summed E-state index contributed by atoms with van der Waals surface area (Å²) in [5.41, 5.74) is 3.97. The van der Waals surface area contributed by atoms with Gasteiger partial charge in [0.25, 0.3) is 0 Å². The van der Waals surface area contributed by atoms with Crippen LogP contribution in [-0.4, -0.2) is 29.5 Å². The van der Waals surface area contributed by atoms with Gasteiger partial charge < -0.3 is 9.88 Å². The smallest absolute Gasteiger partial charge is 0.131 e. The first kappa shape index (κ1) is 16.3. The van der Waals surface area contributed by atoms with Crippen LogP contribution in [0.5, 0.6) is 0 Å². The number of benzene rings is 2. The maximum Gasteiger partial charge on any atom is 0.131 e. The van der Waals surface area contributed by atoms with Crippen molar-refractivity contribution in [2.45, 2.75) is 32.1 Å². The molecule has 1 fully saturated rings. The van der Waals surface area contributed by atoms with Gasteiger partial charge in [0.1, 0.15) is 5.82 Å². The number of rotatable bonds is 6. The van der Waals surface area contributed by atoms with Crippen molar-refractivity contribution < 1.29 is 4.39 Å². The molecule has 3 heteroatoms. The molecule has 0 radical (unpaired) electrons. The Labute approximate surface area is 148 Å². The zero-order chi connectivity index (χ0) is 17.1. The Morgan fingerprint density at radius 3 is 2.72 bits per heavy atom. The van der Waals surface area contributed by atoms with Crippen molar-refractivity contribution in [1.82, 2.24) is 9.88 Å². The third-order valence-electron chi connectivity index (χ3n) is 5.28. The number of halogens is 1. The van der Waals surface area contributed by atoms with E-state index in [2.05, 4.69) is 16.0 Å². The lowest BCUT2D eigenvalue weighted by Gasteiger charge is -2.14. The summed E-state index contributed by atoms with van der Waals surface area (Å²) in [4.78, 5) is 5.74. The van der Waals surface area contributed by atoms with Gasteiger partial charge in [0, 0.05) is 17.3 Å². The summed E-state index contributed by atoms with van der Waals surface area (Å²) >= 11 is 0. The van der Waals surface area contributed by atoms with Gasteiger partial charge in [0.2, 0.25) is 0 Å². The zero-order valence-electron chi connectivity index (χ0n) is 14.6. The highest BCUT2D eigenvalue weighted by Gasteiger charge is 2.11. The SMILES string of the molecule is Fc1ccc(CCCCN2CCCC2)cc1-c1ccc2[nH]ccc2c1. The van der Waals surface area contributed by atoms with Crippen LogP contribution in [0.15, 0.2) is 48.7 Å². The summed E-state index contributed by atoms with van der Waals surface area (Å²) in [6.45, 7) is 3.74. The number of nitrogens with zero attached hydrogens (tertiary/aromatic N) is 1. The highest BCUT2D eigenvalue weighted by atomic mass is 19.1. The minimum absolute atomic E-state index is 0.143. The second-order valence-corrected chi connectivity index (χ2v) is 7.10. The first-order valence-corrected chi connectivity index (χ1v) is 9.38. The fraction of sp³-hybridized carbons (Fsp3) is 0.364. The van der Waals surface area contributed by atoms with Crippen molar-refractivity contribution in [3.8, 4) is 11.1 Å². The van der Waals surface area contributed by atoms with E-state index >= 15 is 0 Å². The molecule has 0 unspecified atom stereocenters. The first-order valence-electron chi connectivity index (χ1n) is 9.38.